The minimum atomic E-state index is 0.0173. The van der Waals surface area contributed by atoms with E-state index in [2.05, 4.69) is 17.4 Å². The van der Waals surface area contributed by atoms with Gasteiger partial charge in [-0.3, -0.25) is 0 Å². The number of hydrogen-bond acceptors (Lipinski definition) is 4. The van der Waals surface area contributed by atoms with Gasteiger partial charge in [-0.25, -0.2) is 9.97 Å². The average Bonchev–Trinajstić information content (AvgIpc) is 2.68. The first-order valence-corrected chi connectivity index (χ1v) is 9.07. The molecule has 128 valence electrons. The SMILES string of the molecule is OCc1ccc2nc(-c3ccccc3)c(NC3CCCCC3)nc2c1. The maximum atomic E-state index is 9.40. The number of nitrogens with zero attached hydrogens (tertiary/aromatic N) is 2. The molecule has 25 heavy (non-hydrogen) atoms. The highest BCUT2D eigenvalue weighted by molar-refractivity contribution is 5.83. The summed E-state index contributed by atoms with van der Waals surface area (Å²) in [5.41, 5.74) is 4.50. The van der Waals surface area contributed by atoms with E-state index in [1.807, 2.05) is 36.4 Å². The normalized spacial score (nSPS) is 15.4. The smallest absolute Gasteiger partial charge is 0.153 e. The topological polar surface area (TPSA) is 58.0 Å². The zero-order valence-electron chi connectivity index (χ0n) is 14.3. The Morgan fingerprint density at radius 3 is 2.48 bits per heavy atom. The van der Waals surface area contributed by atoms with E-state index >= 15 is 0 Å². The fourth-order valence-corrected chi connectivity index (χ4v) is 3.54. The van der Waals surface area contributed by atoms with E-state index in [0.717, 1.165) is 33.7 Å². The summed E-state index contributed by atoms with van der Waals surface area (Å²) in [6, 6.07) is 16.4. The summed E-state index contributed by atoms with van der Waals surface area (Å²) in [4.78, 5) is 9.75. The fourth-order valence-electron chi connectivity index (χ4n) is 3.54. The van der Waals surface area contributed by atoms with Crippen LogP contribution < -0.4 is 5.32 Å². The lowest BCUT2D eigenvalue weighted by Crippen LogP contribution is -2.23. The second-order valence-electron chi connectivity index (χ2n) is 6.75. The zero-order valence-corrected chi connectivity index (χ0v) is 14.3. The van der Waals surface area contributed by atoms with Crippen LogP contribution in [-0.2, 0) is 6.61 Å². The van der Waals surface area contributed by atoms with Crippen LogP contribution in [0.1, 0.15) is 37.7 Å². The summed E-state index contributed by atoms with van der Waals surface area (Å²) in [5, 5.41) is 13.0. The maximum Gasteiger partial charge on any atom is 0.153 e. The lowest BCUT2D eigenvalue weighted by Gasteiger charge is -2.24. The molecule has 1 saturated carbocycles. The maximum absolute atomic E-state index is 9.40. The Kier molecular flexibility index (Phi) is 4.61. The quantitative estimate of drug-likeness (QED) is 0.736. The second-order valence-corrected chi connectivity index (χ2v) is 6.75. The lowest BCUT2D eigenvalue weighted by molar-refractivity contribution is 0.282. The van der Waals surface area contributed by atoms with E-state index < -0.39 is 0 Å². The number of aliphatic hydroxyl groups excluding tert-OH is 1. The van der Waals surface area contributed by atoms with E-state index in [1.165, 1.54) is 32.1 Å². The van der Waals surface area contributed by atoms with Crippen LogP contribution in [0.15, 0.2) is 48.5 Å². The number of anilines is 1. The Balaban J connectivity index is 1.80. The van der Waals surface area contributed by atoms with Crippen LogP contribution >= 0.6 is 0 Å². The molecule has 0 bridgehead atoms. The van der Waals surface area contributed by atoms with Crippen LogP contribution in [-0.4, -0.2) is 21.1 Å². The van der Waals surface area contributed by atoms with Crippen LogP contribution in [0.2, 0.25) is 0 Å². The lowest BCUT2D eigenvalue weighted by atomic mass is 9.95. The van der Waals surface area contributed by atoms with E-state index in [0.29, 0.717) is 6.04 Å². The highest BCUT2D eigenvalue weighted by Gasteiger charge is 2.17. The summed E-state index contributed by atoms with van der Waals surface area (Å²) >= 11 is 0. The number of benzene rings is 2. The summed E-state index contributed by atoms with van der Waals surface area (Å²) < 4.78 is 0. The molecule has 0 saturated heterocycles. The van der Waals surface area contributed by atoms with Crippen LogP contribution in [0.25, 0.3) is 22.3 Å². The van der Waals surface area contributed by atoms with Crippen LogP contribution in [0.5, 0.6) is 0 Å². The molecule has 0 spiro atoms. The van der Waals surface area contributed by atoms with Crippen molar-refractivity contribution < 1.29 is 5.11 Å². The summed E-state index contributed by atoms with van der Waals surface area (Å²) in [6.45, 7) is 0.0173. The second kappa shape index (κ2) is 7.19. The van der Waals surface area contributed by atoms with Gasteiger partial charge in [-0.2, -0.15) is 0 Å². The molecule has 1 fully saturated rings. The Hall–Kier alpha value is -2.46. The highest BCUT2D eigenvalue weighted by atomic mass is 16.3. The van der Waals surface area contributed by atoms with E-state index in [1.54, 1.807) is 0 Å². The third-order valence-electron chi connectivity index (χ3n) is 4.90. The van der Waals surface area contributed by atoms with Gasteiger partial charge in [0.2, 0.25) is 0 Å². The number of aliphatic hydroxyl groups is 1. The number of aromatic nitrogens is 2. The van der Waals surface area contributed by atoms with Crippen molar-refractivity contribution in [2.45, 2.75) is 44.8 Å². The van der Waals surface area contributed by atoms with E-state index in [-0.39, 0.29) is 6.61 Å². The summed E-state index contributed by atoms with van der Waals surface area (Å²) in [5.74, 6) is 0.848. The Labute approximate surface area is 148 Å². The molecule has 1 aliphatic rings. The van der Waals surface area contributed by atoms with Gasteiger partial charge < -0.3 is 10.4 Å². The van der Waals surface area contributed by atoms with Gasteiger partial charge in [0.05, 0.1) is 17.6 Å². The van der Waals surface area contributed by atoms with Crippen molar-refractivity contribution in [2.75, 3.05) is 5.32 Å². The van der Waals surface area contributed by atoms with E-state index in [4.69, 9.17) is 9.97 Å². The highest BCUT2D eigenvalue weighted by Crippen LogP contribution is 2.30. The first kappa shape index (κ1) is 16.0. The Bertz CT molecular complexity index is 858. The zero-order chi connectivity index (χ0) is 17.1. The van der Waals surface area contributed by atoms with Crippen molar-refractivity contribution in [1.29, 1.82) is 0 Å². The third kappa shape index (κ3) is 3.49. The van der Waals surface area contributed by atoms with Crippen LogP contribution in [0.4, 0.5) is 5.82 Å². The monoisotopic (exact) mass is 333 g/mol. The van der Waals surface area contributed by atoms with Crippen molar-refractivity contribution in [3.8, 4) is 11.3 Å². The van der Waals surface area contributed by atoms with Gasteiger partial charge in [0.1, 0.15) is 5.69 Å². The summed E-state index contributed by atoms with van der Waals surface area (Å²) in [6.07, 6.45) is 6.24. The molecule has 4 nitrogen and oxygen atoms in total. The fraction of sp³-hybridized carbons (Fsp3) is 0.333. The predicted molar refractivity (Wildman–Crippen MR) is 101 cm³/mol. The van der Waals surface area contributed by atoms with Gasteiger partial charge >= 0.3 is 0 Å². The van der Waals surface area contributed by atoms with Gasteiger partial charge in [0, 0.05) is 11.6 Å². The molecule has 1 heterocycles. The van der Waals surface area contributed by atoms with Crippen LogP contribution in [0.3, 0.4) is 0 Å². The molecule has 0 amide bonds. The van der Waals surface area contributed by atoms with Crippen molar-refractivity contribution in [3.05, 3.63) is 54.1 Å². The minimum Gasteiger partial charge on any atom is -0.392 e. The first-order valence-electron chi connectivity index (χ1n) is 9.07. The van der Waals surface area contributed by atoms with Crippen molar-refractivity contribution in [1.82, 2.24) is 9.97 Å². The number of fused-ring (bicyclic) bond motifs is 1. The Morgan fingerprint density at radius 1 is 0.920 bits per heavy atom. The van der Waals surface area contributed by atoms with Gasteiger partial charge in [0.25, 0.3) is 0 Å². The van der Waals surface area contributed by atoms with Gasteiger partial charge in [0.15, 0.2) is 5.82 Å². The Morgan fingerprint density at radius 2 is 1.72 bits per heavy atom. The van der Waals surface area contributed by atoms with Crippen molar-refractivity contribution in [2.24, 2.45) is 0 Å². The van der Waals surface area contributed by atoms with Gasteiger partial charge in [-0.05, 0) is 30.5 Å². The van der Waals surface area contributed by atoms with Crippen LogP contribution in [0, 0.1) is 0 Å². The third-order valence-corrected chi connectivity index (χ3v) is 4.90. The van der Waals surface area contributed by atoms with E-state index in [9.17, 15) is 5.11 Å². The molecule has 0 aliphatic heterocycles. The molecule has 1 aliphatic carbocycles. The number of hydrogen-bond donors (Lipinski definition) is 2. The molecule has 1 aromatic heterocycles. The molecule has 4 rings (SSSR count). The minimum absolute atomic E-state index is 0.0173. The molecule has 4 heteroatoms. The molecular formula is C21H23N3O. The number of nitrogens with one attached hydrogen (secondary N) is 1. The molecule has 0 atom stereocenters. The predicted octanol–water partition coefficient (Wildman–Crippen LogP) is 4.53. The molecular weight excluding hydrogens is 310 g/mol. The van der Waals surface area contributed by atoms with Crippen molar-refractivity contribution in [3.63, 3.8) is 0 Å². The molecule has 0 unspecified atom stereocenters. The first-order chi connectivity index (χ1) is 12.3. The molecule has 2 aromatic carbocycles. The molecule has 0 radical (unpaired) electrons. The van der Waals surface area contributed by atoms with Crippen molar-refractivity contribution >= 4 is 16.9 Å². The average molecular weight is 333 g/mol. The standard InChI is InChI=1S/C21H23N3O/c25-14-15-11-12-18-19(13-15)24-21(22-17-9-5-2-6-10-17)20(23-18)16-7-3-1-4-8-16/h1,3-4,7-8,11-13,17,25H,2,5-6,9-10,14H2,(H,22,24). The molecule has 2 N–H and O–H groups in total. The van der Waals surface area contributed by atoms with Gasteiger partial charge in [-0.15, -0.1) is 0 Å². The van der Waals surface area contributed by atoms with Gasteiger partial charge in [-0.1, -0.05) is 55.7 Å². The largest absolute Gasteiger partial charge is 0.392 e. The number of rotatable bonds is 4. The molecule has 3 aromatic rings. The summed E-state index contributed by atoms with van der Waals surface area (Å²) in [7, 11) is 0.